The fourth-order valence-electron chi connectivity index (χ4n) is 3.39. The third-order valence-electron chi connectivity index (χ3n) is 5.50. The molecular formula is C26H27N5OS. The zero-order valence-corrected chi connectivity index (χ0v) is 19.8. The lowest BCUT2D eigenvalue weighted by Gasteiger charge is -2.13. The lowest BCUT2D eigenvalue weighted by atomic mass is 10.1. The number of carbonyl (C=O) groups is 1. The summed E-state index contributed by atoms with van der Waals surface area (Å²) >= 11 is 1.62. The fraction of sp³-hybridized carbons (Fsp3) is 0.231. The predicted molar refractivity (Wildman–Crippen MR) is 133 cm³/mol. The van der Waals surface area contributed by atoms with Gasteiger partial charge in [-0.25, -0.2) is 0 Å². The number of rotatable bonds is 8. The first kappa shape index (κ1) is 22.7. The first-order valence-electron chi connectivity index (χ1n) is 11.0. The molecule has 2 aromatic heterocycles. The van der Waals surface area contributed by atoms with Crippen molar-refractivity contribution in [3.63, 3.8) is 0 Å². The van der Waals surface area contributed by atoms with Gasteiger partial charge in [-0.2, -0.15) is 0 Å². The second-order valence-electron chi connectivity index (χ2n) is 7.93. The van der Waals surface area contributed by atoms with Gasteiger partial charge in [0.15, 0.2) is 11.0 Å². The molecule has 2 aromatic carbocycles. The van der Waals surface area contributed by atoms with Crippen molar-refractivity contribution in [1.29, 1.82) is 0 Å². The van der Waals surface area contributed by atoms with Crippen LogP contribution < -0.4 is 5.32 Å². The van der Waals surface area contributed by atoms with Gasteiger partial charge in [-0.15, -0.1) is 10.2 Å². The largest absolute Gasteiger partial charge is 0.350 e. The van der Waals surface area contributed by atoms with Crippen molar-refractivity contribution in [2.45, 2.75) is 44.1 Å². The van der Waals surface area contributed by atoms with Crippen LogP contribution in [0.3, 0.4) is 0 Å². The van der Waals surface area contributed by atoms with Crippen LogP contribution in [0.4, 0.5) is 0 Å². The molecule has 0 spiro atoms. The van der Waals surface area contributed by atoms with E-state index in [9.17, 15) is 4.79 Å². The standard InChI is InChI=1S/C26H27N5OS/c1-4-19(3)28-25(32)22-11-9-20(10-12-22)17-33-26-30-29-24(21-13-15-27-16-14-21)31(26)23-8-6-5-7-18(23)2/h5-16,19H,4,17H2,1-3H3,(H,28,32)/t19-/m0/s1. The summed E-state index contributed by atoms with van der Waals surface area (Å²) < 4.78 is 2.10. The minimum Gasteiger partial charge on any atom is -0.350 e. The number of nitrogens with zero attached hydrogens (tertiary/aromatic N) is 4. The minimum absolute atomic E-state index is 0.0372. The first-order valence-corrected chi connectivity index (χ1v) is 12.0. The number of hydrogen-bond donors (Lipinski definition) is 1. The van der Waals surface area contributed by atoms with E-state index in [0.717, 1.165) is 39.8 Å². The SMILES string of the molecule is CC[C@H](C)NC(=O)c1ccc(CSc2nnc(-c3ccncc3)n2-c2ccccc2C)cc1. The van der Waals surface area contributed by atoms with E-state index in [1.165, 1.54) is 0 Å². The number of thioether (sulfide) groups is 1. The van der Waals surface area contributed by atoms with Crippen LogP contribution in [0, 0.1) is 6.92 Å². The number of benzene rings is 2. The van der Waals surface area contributed by atoms with Gasteiger partial charge < -0.3 is 5.32 Å². The van der Waals surface area contributed by atoms with E-state index in [0.29, 0.717) is 11.3 Å². The van der Waals surface area contributed by atoms with Gasteiger partial charge in [0.25, 0.3) is 5.91 Å². The van der Waals surface area contributed by atoms with E-state index in [1.54, 1.807) is 24.2 Å². The van der Waals surface area contributed by atoms with Crippen LogP contribution in [0.5, 0.6) is 0 Å². The maximum Gasteiger partial charge on any atom is 0.251 e. The Balaban J connectivity index is 1.57. The number of aryl methyl sites for hydroxylation is 1. The molecule has 168 valence electrons. The number of carbonyl (C=O) groups excluding carboxylic acids is 1. The highest BCUT2D eigenvalue weighted by Gasteiger charge is 2.17. The number of para-hydroxylation sites is 1. The quantitative estimate of drug-likeness (QED) is 0.356. The van der Waals surface area contributed by atoms with Gasteiger partial charge in [-0.3, -0.25) is 14.3 Å². The fourth-order valence-corrected chi connectivity index (χ4v) is 4.29. The normalized spacial score (nSPS) is 11.8. The van der Waals surface area contributed by atoms with E-state index in [1.807, 2.05) is 55.5 Å². The van der Waals surface area contributed by atoms with Crippen LogP contribution in [0.2, 0.25) is 0 Å². The number of nitrogens with one attached hydrogen (secondary N) is 1. The predicted octanol–water partition coefficient (Wildman–Crippen LogP) is 5.46. The van der Waals surface area contributed by atoms with Crippen molar-refractivity contribution in [3.05, 3.63) is 89.7 Å². The van der Waals surface area contributed by atoms with Gasteiger partial charge in [0.1, 0.15) is 0 Å². The average Bonchev–Trinajstić information content (AvgIpc) is 3.27. The maximum atomic E-state index is 12.3. The van der Waals surface area contributed by atoms with Crippen LogP contribution >= 0.6 is 11.8 Å². The van der Waals surface area contributed by atoms with Crippen molar-refractivity contribution in [2.24, 2.45) is 0 Å². The minimum atomic E-state index is -0.0372. The zero-order chi connectivity index (χ0) is 23.2. The Morgan fingerprint density at radius 2 is 1.76 bits per heavy atom. The molecule has 0 aliphatic rings. The maximum absolute atomic E-state index is 12.3. The summed E-state index contributed by atoms with van der Waals surface area (Å²) in [6.45, 7) is 6.15. The van der Waals surface area contributed by atoms with E-state index in [-0.39, 0.29) is 11.9 Å². The summed E-state index contributed by atoms with van der Waals surface area (Å²) in [4.78, 5) is 16.5. The molecule has 33 heavy (non-hydrogen) atoms. The number of aromatic nitrogens is 4. The second-order valence-corrected chi connectivity index (χ2v) is 8.87. The Kier molecular flexibility index (Phi) is 7.19. The Labute approximate surface area is 198 Å². The summed E-state index contributed by atoms with van der Waals surface area (Å²) in [7, 11) is 0. The summed E-state index contributed by atoms with van der Waals surface area (Å²) in [5.74, 6) is 1.46. The van der Waals surface area contributed by atoms with Crippen LogP contribution in [0.15, 0.2) is 78.2 Å². The third-order valence-corrected chi connectivity index (χ3v) is 6.50. The average molecular weight is 458 g/mol. The van der Waals surface area contributed by atoms with Gasteiger partial charge in [-0.1, -0.05) is 49.0 Å². The number of hydrogen-bond acceptors (Lipinski definition) is 5. The third kappa shape index (κ3) is 5.31. The van der Waals surface area contributed by atoms with Crippen LogP contribution in [-0.2, 0) is 5.75 Å². The van der Waals surface area contributed by atoms with Gasteiger partial charge in [0, 0.05) is 35.3 Å². The molecule has 1 atom stereocenters. The van der Waals surface area contributed by atoms with Crippen LogP contribution in [0.25, 0.3) is 17.1 Å². The molecule has 4 rings (SSSR count). The molecule has 6 nitrogen and oxygen atoms in total. The molecule has 1 N–H and O–H groups in total. The Hall–Kier alpha value is -3.45. The Bertz CT molecular complexity index is 1220. The lowest BCUT2D eigenvalue weighted by molar-refractivity contribution is 0.0939. The summed E-state index contributed by atoms with van der Waals surface area (Å²) in [5, 5.41) is 12.8. The first-order chi connectivity index (χ1) is 16.1. The summed E-state index contributed by atoms with van der Waals surface area (Å²) in [6.07, 6.45) is 4.43. The van der Waals surface area contributed by atoms with Crippen LogP contribution in [0.1, 0.15) is 41.8 Å². The van der Waals surface area contributed by atoms with E-state index in [4.69, 9.17) is 0 Å². The highest BCUT2D eigenvalue weighted by molar-refractivity contribution is 7.98. The number of pyridine rings is 1. The Morgan fingerprint density at radius 1 is 1.03 bits per heavy atom. The van der Waals surface area contributed by atoms with E-state index >= 15 is 0 Å². The molecule has 0 saturated carbocycles. The van der Waals surface area contributed by atoms with Crippen LogP contribution in [-0.4, -0.2) is 31.7 Å². The topological polar surface area (TPSA) is 72.7 Å². The molecule has 4 aromatic rings. The van der Waals surface area contributed by atoms with Gasteiger partial charge in [0.2, 0.25) is 0 Å². The van der Waals surface area contributed by atoms with Crippen molar-refractivity contribution in [1.82, 2.24) is 25.1 Å². The van der Waals surface area contributed by atoms with Gasteiger partial charge in [0.05, 0.1) is 5.69 Å². The molecular weight excluding hydrogens is 430 g/mol. The monoisotopic (exact) mass is 457 g/mol. The molecule has 0 bridgehead atoms. The number of amides is 1. The molecule has 7 heteroatoms. The molecule has 0 unspecified atom stereocenters. The molecule has 1 amide bonds. The van der Waals surface area contributed by atoms with Gasteiger partial charge >= 0.3 is 0 Å². The Morgan fingerprint density at radius 3 is 2.45 bits per heavy atom. The molecule has 0 radical (unpaired) electrons. The molecule has 0 fully saturated rings. The molecule has 0 saturated heterocycles. The highest BCUT2D eigenvalue weighted by atomic mass is 32.2. The molecule has 0 aliphatic carbocycles. The summed E-state index contributed by atoms with van der Waals surface area (Å²) in [6, 6.07) is 20.0. The smallest absolute Gasteiger partial charge is 0.251 e. The summed E-state index contributed by atoms with van der Waals surface area (Å²) in [5.41, 5.74) is 4.95. The second kappa shape index (κ2) is 10.4. The van der Waals surface area contributed by atoms with E-state index < -0.39 is 0 Å². The molecule has 2 heterocycles. The zero-order valence-electron chi connectivity index (χ0n) is 19.0. The van der Waals surface area contributed by atoms with Gasteiger partial charge in [-0.05, 0) is 61.7 Å². The van der Waals surface area contributed by atoms with Crippen molar-refractivity contribution in [2.75, 3.05) is 0 Å². The van der Waals surface area contributed by atoms with Crippen molar-refractivity contribution >= 4 is 17.7 Å². The van der Waals surface area contributed by atoms with Crippen molar-refractivity contribution < 1.29 is 4.79 Å². The highest BCUT2D eigenvalue weighted by Crippen LogP contribution is 2.30. The molecule has 0 aliphatic heterocycles. The van der Waals surface area contributed by atoms with Crippen molar-refractivity contribution in [3.8, 4) is 17.1 Å². The lowest BCUT2D eigenvalue weighted by Crippen LogP contribution is -2.31. The van der Waals surface area contributed by atoms with E-state index in [2.05, 4.69) is 51.0 Å².